The van der Waals surface area contributed by atoms with E-state index in [1.807, 2.05) is 42.5 Å². The molecule has 172 valence electrons. The maximum Gasteiger partial charge on any atom is 0.325 e. The van der Waals surface area contributed by atoms with Gasteiger partial charge in [-0.2, -0.15) is 0 Å². The fourth-order valence-corrected chi connectivity index (χ4v) is 3.88. The molecule has 1 heterocycles. The molecule has 1 fully saturated rings. The molecule has 1 aliphatic heterocycles. The highest BCUT2D eigenvalue weighted by Gasteiger charge is 2.46. The lowest BCUT2D eigenvalue weighted by atomic mass is 10.0. The lowest BCUT2D eigenvalue weighted by Crippen LogP contribution is -2.52. The number of amides is 4. The van der Waals surface area contributed by atoms with E-state index in [0.717, 1.165) is 33.4 Å². The number of ether oxygens (including phenoxy) is 1. The van der Waals surface area contributed by atoms with Gasteiger partial charge >= 0.3 is 6.03 Å². The van der Waals surface area contributed by atoms with E-state index >= 15 is 0 Å². The Kier molecular flexibility index (Phi) is 8.60. The number of hydrogen-bond acceptors (Lipinski definition) is 5. The molecule has 2 N–H and O–H groups in total. The number of urea groups is 1. The fourth-order valence-electron chi connectivity index (χ4n) is 3.55. The van der Waals surface area contributed by atoms with Gasteiger partial charge in [0, 0.05) is 0 Å². The molecule has 0 spiro atoms. The largest absolute Gasteiger partial charge is 0.374 e. The number of nitrogens with one attached hydrogen (secondary N) is 2. The molecule has 4 amide bonds. The van der Waals surface area contributed by atoms with Crippen LogP contribution in [-0.2, 0) is 25.8 Å². The van der Waals surface area contributed by atoms with E-state index < -0.39 is 29.9 Å². The van der Waals surface area contributed by atoms with Crippen LogP contribution in [0.2, 0.25) is 0 Å². The average Bonchev–Trinajstić information content (AvgIpc) is 3.04. The number of carbonyl (C=O) groups excluding carboxylic acids is 3. The monoisotopic (exact) mass is 505 g/mol. The standard InChI is InChI=1S/C23H28BrN3O5/c1-15(2)20(21(28)26-32-13-16-6-4-3-5-7-16)27-22(29)19(25-23(27)30)14-31-12-17-8-10-18(24)11-9-17/h3-8,10,15,19-20H,9,11-14H2,1-2H3,(H,25,30)(H,26,28)/t19-,20+/m0/s1. The first kappa shape index (κ1) is 24.2. The van der Waals surface area contributed by atoms with E-state index in [0.29, 0.717) is 6.61 Å². The molecule has 8 nitrogen and oxygen atoms in total. The first-order chi connectivity index (χ1) is 15.4. The molecule has 1 aromatic rings. The highest BCUT2D eigenvalue weighted by molar-refractivity contribution is 9.11. The molecule has 2 atom stereocenters. The van der Waals surface area contributed by atoms with Gasteiger partial charge < -0.3 is 10.1 Å². The van der Waals surface area contributed by atoms with Gasteiger partial charge in [0.2, 0.25) is 0 Å². The number of halogens is 1. The maximum absolute atomic E-state index is 12.9. The minimum atomic E-state index is -0.994. The minimum absolute atomic E-state index is 0.0419. The first-order valence-electron chi connectivity index (χ1n) is 10.6. The molecule has 2 aliphatic rings. The van der Waals surface area contributed by atoms with Gasteiger partial charge in [0.1, 0.15) is 12.1 Å². The van der Waals surface area contributed by atoms with E-state index in [9.17, 15) is 14.4 Å². The summed E-state index contributed by atoms with van der Waals surface area (Å²) in [7, 11) is 0. The number of nitrogens with zero attached hydrogens (tertiary/aromatic N) is 1. The third-order valence-corrected chi connectivity index (χ3v) is 5.90. The Morgan fingerprint density at radius 1 is 1.19 bits per heavy atom. The number of imide groups is 1. The summed E-state index contributed by atoms with van der Waals surface area (Å²) >= 11 is 3.46. The van der Waals surface area contributed by atoms with Crippen LogP contribution in [0.15, 0.2) is 52.5 Å². The Morgan fingerprint density at radius 2 is 1.94 bits per heavy atom. The first-order valence-corrected chi connectivity index (χ1v) is 11.4. The van der Waals surface area contributed by atoms with Gasteiger partial charge in [-0.1, -0.05) is 72.3 Å². The van der Waals surface area contributed by atoms with E-state index in [-0.39, 0.29) is 19.1 Å². The van der Waals surface area contributed by atoms with Crippen LogP contribution in [0.1, 0.15) is 32.3 Å². The van der Waals surface area contributed by atoms with Crippen molar-refractivity contribution in [2.24, 2.45) is 5.92 Å². The zero-order valence-electron chi connectivity index (χ0n) is 18.2. The van der Waals surface area contributed by atoms with Crippen LogP contribution in [0.4, 0.5) is 4.79 Å². The molecule has 0 saturated carbocycles. The molecule has 0 unspecified atom stereocenters. The quantitative estimate of drug-likeness (QED) is 0.376. The van der Waals surface area contributed by atoms with Crippen molar-refractivity contribution in [3.8, 4) is 0 Å². The molecule has 1 saturated heterocycles. The van der Waals surface area contributed by atoms with Crippen LogP contribution in [0, 0.1) is 5.92 Å². The van der Waals surface area contributed by atoms with Gasteiger partial charge in [-0.15, -0.1) is 0 Å². The topological polar surface area (TPSA) is 97.0 Å². The van der Waals surface area contributed by atoms with Crippen molar-refractivity contribution in [2.45, 2.75) is 45.4 Å². The summed E-state index contributed by atoms with van der Waals surface area (Å²) in [5, 5.41) is 2.62. The third kappa shape index (κ3) is 6.27. The van der Waals surface area contributed by atoms with Crippen LogP contribution in [0.5, 0.6) is 0 Å². The van der Waals surface area contributed by atoms with Crippen molar-refractivity contribution in [2.75, 3.05) is 13.2 Å². The van der Waals surface area contributed by atoms with Gasteiger partial charge in [-0.05, 0) is 34.4 Å². The Balaban J connectivity index is 1.54. The normalized spacial score (nSPS) is 19.5. The molecular formula is C23H28BrN3O5. The molecule has 3 rings (SSSR count). The van der Waals surface area contributed by atoms with Crippen LogP contribution >= 0.6 is 15.9 Å². The minimum Gasteiger partial charge on any atom is -0.374 e. The van der Waals surface area contributed by atoms with Gasteiger partial charge in [0.15, 0.2) is 0 Å². The Hall–Kier alpha value is -2.49. The summed E-state index contributed by atoms with van der Waals surface area (Å²) in [5.41, 5.74) is 4.38. The second kappa shape index (κ2) is 11.4. The molecule has 0 bridgehead atoms. The van der Waals surface area contributed by atoms with Crippen LogP contribution in [-0.4, -0.2) is 48.0 Å². The maximum atomic E-state index is 12.9. The van der Waals surface area contributed by atoms with E-state index in [4.69, 9.17) is 9.57 Å². The van der Waals surface area contributed by atoms with Crippen molar-refractivity contribution in [3.05, 3.63) is 58.1 Å². The van der Waals surface area contributed by atoms with Crippen molar-refractivity contribution in [1.82, 2.24) is 15.7 Å². The number of hydrogen-bond donors (Lipinski definition) is 2. The number of rotatable bonds is 10. The number of hydroxylamine groups is 1. The third-order valence-electron chi connectivity index (χ3n) is 5.24. The van der Waals surface area contributed by atoms with Crippen LogP contribution < -0.4 is 10.8 Å². The predicted molar refractivity (Wildman–Crippen MR) is 122 cm³/mol. The Labute approximate surface area is 196 Å². The number of carbonyl (C=O) groups is 3. The molecule has 0 aromatic heterocycles. The summed E-state index contributed by atoms with van der Waals surface area (Å²) in [6, 6.07) is 6.93. The average molecular weight is 506 g/mol. The van der Waals surface area contributed by atoms with E-state index in [1.54, 1.807) is 13.8 Å². The second-order valence-electron chi connectivity index (χ2n) is 8.09. The zero-order valence-corrected chi connectivity index (χ0v) is 19.8. The summed E-state index contributed by atoms with van der Waals surface area (Å²) in [4.78, 5) is 44.5. The lowest BCUT2D eigenvalue weighted by Gasteiger charge is -2.27. The summed E-state index contributed by atoms with van der Waals surface area (Å²) in [6.07, 6.45) is 5.77. The summed E-state index contributed by atoms with van der Waals surface area (Å²) < 4.78 is 6.81. The molecular weight excluding hydrogens is 478 g/mol. The van der Waals surface area contributed by atoms with Gasteiger partial charge in [-0.3, -0.25) is 14.4 Å². The summed E-state index contributed by atoms with van der Waals surface area (Å²) in [6.45, 7) is 4.15. The lowest BCUT2D eigenvalue weighted by molar-refractivity contribution is -0.146. The van der Waals surface area contributed by atoms with Crippen LogP contribution in [0.25, 0.3) is 0 Å². The Morgan fingerprint density at radius 3 is 2.59 bits per heavy atom. The van der Waals surface area contributed by atoms with E-state index in [1.165, 1.54) is 0 Å². The van der Waals surface area contributed by atoms with Crippen molar-refractivity contribution < 1.29 is 24.0 Å². The van der Waals surface area contributed by atoms with Crippen LogP contribution in [0.3, 0.4) is 0 Å². The van der Waals surface area contributed by atoms with Crippen molar-refractivity contribution in [1.29, 1.82) is 0 Å². The second-order valence-corrected chi connectivity index (χ2v) is 9.11. The predicted octanol–water partition coefficient (Wildman–Crippen LogP) is 3.20. The van der Waals surface area contributed by atoms with E-state index in [2.05, 4.69) is 26.7 Å². The summed E-state index contributed by atoms with van der Waals surface area (Å²) in [5.74, 6) is -1.33. The SMILES string of the molecule is CC(C)[C@H](C(=O)NOCc1ccccc1)N1C(=O)N[C@@H](COCC2=CC=C(Br)CC2)C1=O. The number of benzene rings is 1. The zero-order chi connectivity index (χ0) is 23.1. The highest BCUT2D eigenvalue weighted by Crippen LogP contribution is 2.23. The fraction of sp³-hybridized carbons (Fsp3) is 0.435. The molecule has 0 radical (unpaired) electrons. The Bertz CT molecular complexity index is 900. The van der Waals surface area contributed by atoms with Gasteiger partial charge in [0.25, 0.3) is 11.8 Å². The number of allylic oxidation sites excluding steroid dienone is 3. The molecule has 1 aromatic carbocycles. The molecule has 32 heavy (non-hydrogen) atoms. The molecule has 9 heteroatoms. The van der Waals surface area contributed by atoms with Crippen molar-refractivity contribution in [3.63, 3.8) is 0 Å². The smallest absolute Gasteiger partial charge is 0.325 e. The highest BCUT2D eigenvalue weighted by atomic mass is 79.9. The molecule has 1 aliphatic carbocycles. The van der Waals surface area contributed by atoms with Gasteiger partial charge in [0.05, 0.1) is 19.8 Å². The van der Waals surface area contributed by atoms with Gasteiger partial charge in [-0.25, -0.2) is 15.2 Å². The van der Waals surface area contributed by atoms with Crippen molar-refractivity contribution >= 4 is 33.8 Å².